The summed E-state index contributed by atoms with van der Waals surface area (Å²) in [7, 11) is -3.95. The molecule has 3 aromatic carbocycles. The van der Waals surface area contributed by atoms with E-state index in [0.29, 0.717) is 11.3 Å². The highest BCUT2D eigenvalue weighted by atomic mass is 79.9. The minimum atomic E-state index is -3.95. The number of carbonyl (C=O) groups excluding carboxylic acids is 1. The van der Waals surface area contributed by atoms with Crippen LogP contribution in [0.5, 0.6) is 0 Å². The van der Waals surface area contributed by atoms with Crippen molar-refractivity contribution in [3.8, 4) is 0 Å². The molecule has 0 heterocycles. The van der Waals surface area contributed by atoms with Crippen molar-refractivity contribution >= 4 is 37.5 Å². The molecule has 8 heteroatoms. The van der Waals surface area contributed by atoms with Crippen molar-refractivity contribution in [2.75, 3.05) is 11.9 Å². The quantitative estimate of drug-likeness (QED) is 0.520. The van der Waals surface area contributed by atoms with Crippen molar-refractivity contribution in [1.29, 1.82) is 0 Å². The first kappa shape index (κ1) is 22.1. The lowest BCUT2D eigenvalue weighted by atomic mass is 10.2. The molecule has 0 fully saturated rings. The number of hydrogen-bond acceptors (Lipinski definition) is 3. The lowest BCUT2D eigenvalue weighted by Crippen LogP contribution is -2.37. The Morgan fingerprint density at radius 1 is 1.03 bits per heavy atom. The van der Waals surface area contributed by atoms with E-state index in [0.717, 1.165) is 14.3 Å². The fourth-order valence-electron chi connectivity index (χ4n) is 2.81. The predicted molar refractivity (Wildman–Crippen MR) is 118 cm³/mol. The molecule has 0 saturated heterocycles. The predicted octanol–water partition coefficient (Wildman–Crippen LogP) is 4.73. The van der Waals surface area contributed by atoms with E-state index in [1.54, 1.807) is 30.3 Å². The molecule has 3 aromatic rings. The topological polar surface area (TPSA) is 66.5 Å². The Morgan fingerprint density at radius 2 is 1.70 bits per heavy atom. The first-order valence-corrected chi connectivity index (χ1v) is 11.3. The van der Waals surface area contributed by atoms with E-state index in [2.05, 4.69) is 21.2 Å². The molecule has 0 saturated carbocycles. The number of sulfonamides is 1. The molecule has 0 aliphatic rings. The van der Waals surface area contributed by atoms with Crippen molar-refractivity contribution in [2.45, 2.75) is 18.4 Å². The van der Waals surface area contributed by atoms with Crippen LogP contribution in [0.3, 0.4) is 0 Å². The molecule has 5 nitrogen and oxygen atoms in total. The second-order valence-electron chi connectivity index (χ2n) is 6.77. The molecule has 0 unspecified atom stereocenters. The summed E-state index contributed by atoms with van der Waals surface area (Å²) in [6, 6.07) is 18.9. The van der Waals surface area contributed by atoms with Gasteiger partial charge in [-0.25, -0.2) is 12.8 Å². The Labute approximate surface area is 183 Å². The zero-order valence-corrected chi connectivity index (χ0v) is 18.6. The van der Waals surface area contributed by atoms with Gasteiger partial charge in [0, 0.05) is 16.7 Å². The van der Waals surface area contributed by atoms with Gasteiger partial charge >= 0.3 is 0 Å². The van der Waals surface area contributed by atoms with Crippen molar-refractivity contribution < 1.29 is 17.6 Å². The van der Waals surface area contributed by atoms with Gasteiger partial charge in [0.15, 0.2) is 0 Å². The normalized spacial score (nSPS) is 11.5. The van der Waals surface area contributed by atoms with Crippen LogP contribution in [-0.2, 0) is 21.4 Å². The summed E-state index contributed by atoms with van der Waals surface area (Å²) in [5.74, 6) is -0.898. The van der Waals surface area contributed by atoms with Crippen LogP contribution in [-0.4, -0.2) is 25.2 Å². The Hall–Kier alpha value is -2.55. The van der Waals surface area contributed by atoms with E-state index in [4.69, 9.17) is 0 Å². The van der Waals surface area contributed by atoms with Gasteiger partial charge in [-0.3, -0.25) is 4.79 Å². The third kappa shape index (κ3) is 5.75. The lowest BCUT2D eigenvalue weighted by molar-refractivity contribution is -0.116. The van der Waals surface area contributed by atoms with Crippen LogP contribution in [0.4, 0.5) is 10.1 Å². The summed E-state index contributed by atoms with van der Waals surface area (Å²) in [4.78, 5) is 12.7. The zero-order chi connectivity index (χ0) is 21.7. The number of amides is 1. The van der Waals surface area contributed by atoms with Gasteiger partial charge in [0.2, 0.25) is 15.9 Å². The number of nitrogens with zero attached hydrogens (tertiary/aromatic N) is 1. The minimum absolute atomic E-state index is 0.0671. The fourth-order valence-corrected chi connectivity index (χ4v) is 4.59. The Bertz CT molecular complexity index is 1130. The van der Waals surface area contributed by atoms with E-state index in [9.17, 15) is 17.6 Å². The standard InChI is InChI=1S/C22H20BrFN2O3S/c1-16-5-11-21(12-6-16)30(28,29)26(14-17-7-9-19(24)10-8-17)15-22(27)25-20-4-2-3-18(23)13-20/h2-13H,14-15H2,1H3,(H,25,27). The van der Waals surface area contributed by atoms with Crippen LogP contribution in [0.2, 0.25) is 0 Å². The van der Waals surface area contributed by atoms with Gasteiger partial charge in [-0.15, -0.1) is 0 Å². The number of anilines is 1. The van der Waals surface area contributed by atoms with Gasteiger partial charge in [0.1, 0.15) is 5.82 Å². The summed E-state index contributed by atoms with van der Waals surface area (Å²) < 4.78 is 41.6. The Kier molecular flexibility index (Phi) is 7.02. The van der Waals surface area contributed by atoms with Crippen LogP contribution < -0.4 is 5.32 Å². The molecule has 0 spiro atoms. The average Bonchev–Trinajstić information content (AvgIpc) is 2.69. The SMILES string of the molecule is Cc1ccc(S(=O)(=O)N(CC(=O)Nc2cccc(Br)c2)Cc2ccc(F)cc2)cc1. The molecule has 0 aromatic heterocycles. The summed E-state index contributed by atoms with van der Waals surface area (Å²) in [5.41, 5.74) is 2.04. The maximum atomic E-state index is 13.2. The molecule has 0 aliphatic carbocycles. The molecule has 156 valence electrons. The summed E-state index contributed by atoms with van der Waals surface area (Å²) in [6.45, 7) is 1.40. The van der Waals surface area contributed by atoms with E-state index < -0.39 is 21.7 Å². The van der Waals surface area contributed by atoms with Gasteiger partial charge in [-0.2, -0.15) is 4.31 Å². The molecular formula is C22H20BrFN2O3S. The number of aryl methyl sites for hydroxylation is 1. The van der Waals surface area contributed by atoms with Gasteiger partial charge in [0.25, 0.3) is 0 Å². The van der Waals surface area contributed by atoms with Gasteiger partial charge in [0.05, 0.1) is 11.4 Å². The second-order valence-corrected chi connectivity index (χ2v) is 9.62. The first-order valence-electron chi connectivity index (χ1n) is 9.11. The molecular weight excluding hydrogens is 471 g/mol. The van der Waals surface area contributed by atoms with E-state index in [1.807, 2.05) is 13.0 Å². The summed E-state index contributed by atoms with van der Waals surface area (Å²) >= 11 is 3.33. The zero-order valence-electron chi connectivity index (χ0n) is 16.2. The highest BCUT2D eigenvalue weighted by molar-refractivity contribution is 9.10. The Balaban J connectivity index is 1.87. The monoisotopic (exact) mass is 490 g/mol. The largest absolute Gasteiger partial charge is 0.325 e. The molecule has 3 rings (SSSR count). The maximum absolute atomic E-state index is 13.2. The van der Waals surface area contributed by atoms with Crippen molar-refractivity contribution in [2.24, 2.45) is 0 Å². The molecule has 0 aliphatic heterocycles. The van der Waals surface area contributed by atoms with E-state index in [-0.39, 0.29) is 18.0 Å². The molecule has 1 N–H and O–H groups in total. The smallest absolute Gasteiger partial charge is 0.243 e. The number of rotatable bonds is 7. The van der Waals surface area contributed by atoms with E-state index >= 15 is 0 Å². The van der Waals surface area contributed by atoms with Crippen LogP contribution >= 0.6 is 15.9 Å². The number of benzene rings is 3. The van der Waals surface area contributed by atoms with Crippen LogP contribution in [0.15, 0.2) is 82.2 Å². The second kappa shape index (κ2) is 9.51. The highest BCUT2D eigenvalue weighted by Crippen LogP contribution is 2.20. The molecule has 0 radical (unpaired) electrons. The number of hydrogen-bond donors (Lipinski definition) is 1. The molecule has 1 amide bonds. The first-order chi connectivity index (χ1) is 14.2. The molecule has 0 bridgehead atoms. The van der Waals surface area contributed by atoms with Crippen molar-refractivity contribution in [1.82, 2.24) is 4.31 Å². The number of nitrogens with one attached hydrogen (secondary N) is 1. The van der Waals surface area contributed by atoms with Gasteiger partial charge in [-0.1, -0.05) is 51.8 Å². The van der Waals surface area contributed by atoms with Gasteiger partial charge in [-0.05, 0) is 55.0 Å². The van der Waals surface area contributed by atoms with Crippen molar-refractivity contribution in [3.05, 3.63) is 94.2 Å². The van der Waals surface area contributed by atoms with Crippen LogP contribution in [0, 0.1) is 12.7 Å². The van der Waals surface area contributed by atoms with Crippen LogP contribution in [0.25, 0.3) is 0 Å². The summed E-state index contributed by atoms with van der Waals surface area (Å²) in [5, 5.41) is 2.71. The fraction of sp³-hybridized carbons (Fsp3) is 0.136. The molecule has 0 atom stereocenters. The lowest BCUT2D eigenvalue weighted by Gasteiger charge is -2.22. The van der Waals surface area contributed by atoms with Crippen LogP contribution in [0.1, 0.15) is 11.1 Å². The number of carbonyl (C=O) groups is 1. The molecule has 30 heavy (non-hydrogen) atoms. The highest BCUT2D eigenvalue weighted by Gasteiger charge is 2.27. The average molecular weight is 491 g/mol. The third-order valence-corrected chi connectivity index (χ3v) is 6.66. The maximum Gasteiger partial charge on any atom is 0.243 e. The Morgan fingerprint density at radius 3 is 2.33 bits per heavy atom. The number of halogens is 2. The minimum Gasteiger partial charge on any atom is -0.325 e. The third-order valence-electron chi connectivity index (χ3n) is 4.36. The summed E-state index contributed by atoms with van der Waals surface area (Å²) in [6.07, 6.45) is 0. The van der Waals surface area contributed by atoms with E-state index in [1.165, 1.54) is 36.4 Å². The van der Waals surface area contributed by atoms with Gasteiger partial charge < -0.3 is 5.32 Å². The van der Waals surface area contributed by atoms with Crippen molar-refractivity contribution in [3.63, 3.8) is 0 Å².